The monoisotopic (exact) mass is 341 g/mol. The summed E-state index contributed by atoms with van der Waals surface area (Å²) in [6.07, 6.45) is 7.69. The SMILES string of the molecule is Cc1cc(F)c(Br)cc1NCC1CCC2(CCCC2)O1. The summed E-state index contributed by atoms with van der Waals surface area (Å²) in [6, 6.07) is 3.37. The number of hydrogen-bond acceptors (Lipinski definition) is 2. The van der Waals surface area contributed by atoms with E-state index in [0.717, 1.165) is 24.2 Å². The van der Waals surface area contributed by atoms with Gasteiger partial charge in [0.25, 0.3) is 0 Å². The van der Waals surface area contributed by atoms with Gasteiger partial charge in [-0.15, -0.1) is 0 Å². The first-order valence-corrected chi connectivity index (χ1v) is 8.25. The van der Waals surface area contributed by atoms with Crippen molar-refractivity contribution in [1.29, 1.82) is 0 Å². The van der Waals surface area contributed by atoms with Crippen LogP contribution in [-0.2, 0) is 4.74 Å². The van der Waals surface area contributed by atoms with Crippen molar-refractivity contribution in [3.8, 4) is 0 Å². The molecule has 0 amide bonds. The van der Waals surface area contributed by atoms with Gasteiger partial charge in [-0.05, 0) is 66.2 Å². The van der Waals surface area contributed by atoms with Crippen LogP contribution in [0.3, 0.4) is 0 Å². The highest BCUT2D eigenvalue weighted by Gasteiger charge is 2.41. The van der Waals surface area contributed by atoms with Gasteiger partial charge in [0.1, 0.15) is 5.82 Å². The maximum Gasteiger partial charge on any atom is 0.137 e. The van der Waals surface area contributed by atoms with Crippen molar-refractivity contribution >= 4 is 21.6 Å². The third-order valence-electron chi connectivity index (χ3n) is 4.64. The number of halogens is 2. The molecule has 1 aliphatic carbocycles. The summed E-state index contributed by atoms with van der Waals surface area (Å²) in [6.45, 7) is 2.73. The normalized spacial score (nSPS) is 24.4. The van der Waals surface area contributed by atoms with Crippen LogP contribution in [0.4, 0.5) is 10.1 Å². The standard InChI is InChI=1S/C16H21BrFNO/c1-11-8-14(18)13(17)9-15(11)19-10-12-4-7-16(20-12)5-2-3-6-16/h8-9,12,19H,2-7,10H2,1H3. The first kappa shape index (κ1) is 14.3. The Kier molecular flexibility index (Phi) is 4.04. The molecular weight excluding hydrogens is 321 g/mol. The van der Waals surface area contributed by atoms with E-state index in [1.54, 1.807) is 6.07 Å². The van der Waals surface area contributed by atoms with Crippen molar-refractivity contribution in [1.82, 2.24) is 0 Å². The smallest absolute Gasteiger partial charge is 0.137 e. The molecule has 1 saturated carbocycles. The minimum absolute atomic E-state index is 0.185. The van der Waals surface area contributed by atoms with Crippen LogP contribution >= 0.6 is 15.9 Å². The molecule has 4 heteroatoms. The molecule has 3 rings (SSSR count). The summed E-state index contributed by atoms with van der Waals surface area (Å²) in [5.41, 5.74) is 2.10. The highest BCUT2D eigenvalue weighted by molar-refractivity contribution is 9.10. The summed E-state index contributed by atoms with van der Waals surface area (Å²) in [7, 11) is 0. The van der Waals surface area contributed by atoms with Crippen molar-refractivity contribution in [2.45, 2.75) is 57.2 Å². The molecule has 0 aromatic heterocycles. The molecule has 2 nitrogen and oxygen atoms in total. The van der Waals surface area contributed by atoms with E-state index in [-0.39, 0.29) is 17.5 Å². The van der Waals surface area contributed by atoms with Gasteiger partial charge in [-0.25, -0.2) is 4.39 Å². The molecule has 20 heavy (non-hydrogen) atoms. The Morgan fingerprint density at radius 2 is 2.10 bits per heavy atom. The van der Waals surface area contributed by atoms with Gasteiger partial charge < -0.3 is 10.1 Å². The van der Waals surface area contributed by atoms with Crippen molar-refractivity contribution in [3.63, 3.8) is 0 Å². The summed E-state index contributed by atoms with van der Waals surface area (Å²) in [5.74, 6) is -0.213. The van der Waals surface area contributed by atoms with Crippen LogP contribution in [0, 0.1) is 12.7 Å². The maximum atomic E-state index is 13.4. The number of nitrogens with one attached hydrogen (secondary N) is 1. The molecule has 1 spiro atoms. The summed E-state index contributed by atoms with van der Waals surface area (Å²) in [4.78, 5) is 0. The molecule has 0 radical (unpaired) electrons. The zero-order valence-electron chi connectivity index (χ0n) is 11.8. The van der Waals surface area contributed by atoms with Crippen LogP contribution in [0.1, 0.15) is 44.1 Å². The summed E-state index contributed by atoms with van der Waals surface area (Å²) >= 11 is 3.24. The van der Waals surface area contributed by atoms with E-state index in [4.69, 9.17) is 4.74 Å². The van der Waals surface area contributed by atoms with E-state index < -0.39 is 0 Å². The summed E-state index contributed by atoms with van der Waals surface area (Å²) < 4.78 is 20.2. The second-order valence-electron chi connectivity index (χ2n) is 6.13. The van der Waals surface area contributed by atoms with Gasteiger partial charge in [0, 0.05) is 12.2 Å². The molecule has 1 aromatic carbocycles. The fourth-order valence-corrected chi connectivity index (χ4v) is 3.83. The van der Waals surface area contributed by atoms with E-state index in [0.29, 0.717) is 4.47 Å². The summed E-state index contributed by atoms with van der Waals surface area (Å²) in [5, 5.41) is 3.41. The van der Waals surface area contributed by atoms with Gasteiger partial charge in [0.2, 0.25) is 0 Å². The van der Waals surface area contributed by atoms with Crippen LogP contribution in [0.15, 0.2) is 16.6 Å². The van der Waals surface area contributed by atoms with E-state index in [1.807, 2.05) is 13.0 Å². The van der Waals surface area contributed by atoms with Crippen LogP contribution in [0.25, 0.3) is 0 Å². The quantitative estimate of drug-likeness (QED) is 0.852. The molecule has 1 saturated heterocycles. The number of rotatable bonds is 3. The first-order valence-electron chi connectivity index (χ1n) is 7.45. The maximum absolute atomic E-state index is 13.4. The third-order valence-corrected chi connectivity index (χ3v) is 5.25. The number of anilines is 1. The van der Waals surface area contributed by atoms with Crippen LogP contribution in [0.5, 0.6) is 0 Å². The predicted octanol–water partition coefficient (Wildman–Crippen LogP) is 4.80. The number of aryl methyl sites for hydroxylation is 1. The van der Waals surface area contributed by atoms with Gasteiger partial charge in [-0.1, -0.05) is 12.8 Å². The Bertz CT molecular complexity index is 499. The van der Waals surface area contributed by atoms with Crippen LogP contribution in [0.2, 0.25) is 0 Å². The van der Waals surface area contributed by atoms with E-state index in [9.17, 15) is 4.39 Å². The molecule has 2 aliphatic rings. The van der Waals surface area contributed by atoms with Crippen LogP contribution in [-0.4, -0.2) is 18.2 Å². The second-order valence-corrected chi connectivity index (χ2v) is 6.99. The van der Waals surface area contributed by atoms with Crippen molar-refractivity contribution < 1.29 is 9.13 Å². The largest absolute Gasteiger partial charge is 0.382 e. The Hall–Kier alpha value is -0.610. The van der Waals surface area contributed by atoms with E-state index in [1.165, 1.54) is 32.1 Å². The van der Waals surface area contributed by atoms with Gasteiger partial charge in [0.05, 0.1) is 16.2 Å². The average molecular weight is 342 g/mol. The number of benzene rings is 1. The Labute approximate surface area is 128 Å². The fourth-order valence-electron chi connectivity index (χ4n) is 3.49. The fraction of sp³-hybridized carbons (Fsp3) is 0.625. The average Bonchev–Trinajstić information content (AvgIpc) is 3.03. The first-order chi connectivity index (χ1) is 9.58. The zero-order chi connectivity index (χ0) is 14.2. The molecule has 1 unspecified atom stereocenters. The molecule has 1 aliphatic heterocycles. The molecule has 1 aromatic rings. The molecule has 2 fully saturated rings. The lowest BCUT2D eigenvalue weighted by molar-refractivity contribution is -0.0307. The van der Waals surface area contributed by atoms with Gasteiger partial charge in [0.15, 0.2) is 0 Å². The Morgan fingerprint density at radius 1 is 1.35 bits per heavy atom. The Balaban J connectivity index is 1.59. The van der Waals surface area contributed by atoms with E-state index >= 15 is 0 Å². The molecule has 110 valence electrons. The van der Waals surface area contributed by atoms with Crippen molar-refractivity contribution in [3.05, 3.63) is 28.0 Å². The lowest BCUT2D eigenvalue weighted by Crippen LogP contribution is -2.28. The molecule has 1 atom stereocenters. The second kappa shape index (κ2) is 5.64. The Morgan fingerprint density at radius 3 is 2.85 bits per heavy atom. The minimum Gasteiger partial charge on any atom is -0.382 e. The minimum atomic E-state index is -0.213. The number of hydrogen-bond donors (Lipinski definition) is 1. The van der Waals surface area contributed by atoms with Gasteiger partial charge >= 0.3 is 0 Å². The topological polar surface area (TPSA) is 21.3 Å². The molecule has 0 bridgehead atoms. The van der Waals surface area contributed by atoms with Crippen LogP contribution < -0.4 is 5.32 Å². The molecular formula is C16H21BrFNO. The van der Waals surface area contributed by atoms with Crippen molar-refractivity contribution in [2.75, 3.05) is 11.9 Å². The molecule has 1 heterocycles. The van der Waals surface area contributed by atoms with Crippen molar-refractivity contribution in [2.24, 2.45) is 0 Å². The van der Waals surface area contributed by atoms with Gasteiger partial charge in [-0.3, -0.25) is 0 Å². The van der Waals surface area contributed by atoms with E-state index in [2.05, 4.69) is 21.2 Å². The lowest BCUT2D eigenvalue weighted by atomic mass is 9.98. The third kappa shape index (κ3) is 2.86. The predicted molar refractivity (Wildman–Crippen MR) is 82.6 cm³/mol. The highest BCUT2D eigenvalue weighted by Crippen LogP contribution is 2.43. The van der Waals surface area contributed by atoms with Gasteiger partial charge in [-0.2, -0.15) is 0 Å². The molecule has 1 N–H and O–H groups in total. The number of ether oxygens (including phenoxy) is 1. The lowest BCUT2D eigenvalue weighted by Gasteiger charge is -2.24. The highest BCUT2D eigenvalue weighted by atomic mass is 79.9. The zero-order valence-corrected chi connectivity index (χ0v) is 13.4.